The Balaban J connectivity index is 1.93. The lowest BCUT2D eigenvalue weighted by atomic mass is 10.2. The van der Waals surface area contributed by atoms with Gasteiger partial charge in [-0.1, -0.05) is 18.2 Å². The minimum Gasteiger partial charge on any atom is -0.457 e. The molecule has 0 N–H and O–H groups in total. The number of benzene rings is 1. The van der Waals surface area contributed by atoms with Gasteiger partial charge in [0.15, 0.2) is 0 Å². The number of hydrogen-bond acceptors (Lipinski definition) is 3. The van der Waals surface area contributed by atoms with Gasteiger partial charge in [0.1, 0.15) is 6.10 Å². The molecule has 0 aromatic heterocycles. The van der Waals surface area contributed by atoms with Gasteiger partial charge in [0.2, 0.25) is 0 Å². The normalized spacial score (nSPS) is 21.5. The summed E-state index contributed by atoms with van der Waals surface area (Å²) in [6, 6.07) is 9.14. The molecule has 3 nitrogen and oxygen atoms in total. The van der Waals surface area contributed by atoms with Crippen molar-refractivity contribution in [1.29, 1.82) is 0 Å². The van der Waals surface area contributed by atoms with Gasteiger partial charge in [0.25, 0.3) is 0 Å². The predicted octanol–water partition coefficient (Wildman–Crippen LogP) is 1.55. The molecule has 0 radical (unpaired) electrons. The van der Waals surface area contributed by atoms with Crippen LogP contribution in [0.5, 0.6) is 0 Å². The van der Waals surface area contributed by atoms with Crippen molar-refractivity contribution in [1.82, 2.24) is 4.90 Å². The Morgan fingerprint density at radius 1 is 1.40 bits per heavy atom. The molecule has 1 heterocycles. The van der Waals surface area contributed by atoms with Gasteiger partial charge in [-0.15, -0.1) is 0 Å². The highest BCUT2D eigenvalue weighted by Crippen LogP contribution is 2.12. The fourth-order valence-corrected chi connectivity index (χ4v) is 1.78. The van der Waals surface area contributed by atoms with Crippen molar-refractivity contribution < 1.29 is 9.53 Å². The lowest BCUT2D eigenvalue weighted by Gasteiger charge is -2.11. The van der Waals surface area contributed by atoms with E-state index in [9.17, 15) is 4.79 Å². The molecule has 1 aromatic rings. The smallest absolute Gasteiger partial charge is 0.338 e. The summed E-state index contributed by atoms with van der Waals surface area (Å²) in [6.45, 7) is 1.85. The molecule has 0 spiro atoms. The van der Waals surface area contributed by atoms with E-state index < -0.39 is 0 Å². The van der Waals surface area contributed by atoms with Crippen LogP contribution in [0, 0.1) is 0 Å². The molecule has 0 unspecified atom stereocenters. The number of likely N-dealkylation sites (N-methyl/N-ethyl adjacent to an activating group) is 1. The molecular weight excluding hydrogens is 190 g/mol. The Hall–Kier alpha value is -1.35. The van der Waals surface area contributed by atoms with Crippen LogP contribution in [0.2, 0.25) is 0 Å². The van der Waals surface area contributed by atoms with Gasteiger partial charge in [-0.05, 0) is 25.6 Å². The number of nitrogens with zero attached hydrogens (tertiary/aromatic N) is 1. The predicted molar refractivity (Wildman–Crippen MR) is 57.8 cm³/mol. The molecule has 1 saturated heterocycles. The summed E-state index contributed by atoms with van der Waals surface area (Å²) in [5.41, 5.74) is 0.632. The first kappa shape index (κ1) is 10.2. The average Bonchev–Trinajstić information content (AvgIpc) is 2.65. The van der Waals surface area contributed by atoms with Gasteiger partial charge in [-0.2, -0.15) is 0 Å². The number of carbonyl (C=O) groups is 1. The second-order valence-corrected chi connectivity index (χ2v) is 3.94. The van der Waals surface area contributed by atoms with Gasteiger partial charge >= 0.3 is 5.97 Å². The first-order chi connectivity index (χ1) is 7.25. The molecule has 0 saturated carbocycles. The third-order valence-corrected chi connectivity index (χ3v) is 2.63. The van der Waals surface area contributed by atoms with Gasteiger partial charge in [0, 0.05) is 13.1 Å². The summed E-state index contributed by atoms with van der Waals surface area (Å²) < 4.78 is 5.39. The number of esters is 1. The van der Waals surface area contributed by atoms with Crippen LogP contribution < -0.4 is 0 Å². The molecule has 3 heteroatoms. The standard InChI is InChI=1S/C12H15NO2/c1-13-8-7-11(9-13)15-12(14)10-5-3-2-4-6-10/h2-6,11H,7-9H2,1H3/t11-/m0/s1. The largest absolute Gasteiger partial charge is 0.457 e. The molecule has 0 aliphatic carbocycles. The third kappa shape index (κ3) is 2.57. The zero-order valence-corrected chi connectivity index (χ0v) is 8.85. The molecule has 0 bridgehead atoms. The van der Waals surface area contributed by atoms with Crippen molar-refractivity contribution in [3.8, 4) is 0 Å². The first-order valence-electron chi connectivity index (χ1n) is 5.20. The summed E-state index contributed by atoms with van der Waals surface area (Å²) in [5, 5.41) is 0. The van der Waals surface area contributed by atoms with Gasteiger partial charge < -0.3 is 9.64 Å². The Bertz CT molecular complexity index is 337. The van der Waals surface area contributed by atoms with Crippen molar-refractivity contribution in [3.05, 3.63) is 35.9 Å². The fraction of sp³-hybridized carbons (Fsp3) is 0.417. The molecular formula is C12H15NO2. The van der Waals surface area contributed by atoms with E-state index in [1.54, 1.807) is 12.1 Å². The van der Waals surface area contributed by atoms with Crippen LogP contribution in [0.3, 0.4) is 0 Å². The maximum atomic E-state index is 11.7. The molecule has 0 amide bonds. The molecule has 15 heavy (non-hydrogen) atoms. The zero-order chi connectivity index (χ0) is 10.7. The quantitative estimate of drug-likeness (QED) is 0.686. The summed E-state index contributed by atoms with van der Waals surface area (Å²) >= 11 is 0. The van der Waals surface area contributed by atoms with Crippen LogP contribution in [0.25, 0.3) is 0 Å². The molecule has 1 aromatic carbocycles. The van der Waals surface area contributed by atoms with Crippen LogP contribution in [0.1, 0.15) is 16.8 Å². The number of rotatable bonds is 2. The summed E-state index contributed by atoms with van der Waals surface area (Å²) in [6.07, 6.45) is 0.998. The SMILES string of the molecule is CN1CC[C@H](OC(=O)c2ccccc2)C1. The number of likely N-dealkylation sites (tertiary alicyclic amines) is 1. The van der Waals surface area contributed by atoms with E-state index >= 15 is 0 Å². The van der Waals surface area contributed by atoms with Gasteiger partial charge in [-0.25, -0.2) is 4.79 Å². The van der Waals surface area contributed by atoms with Crippen molar-refractivity contribution in [2.45, 2.75) is 12.5 Å². The Kier molecular flexibility index (Phi) is 3.02. The number of hydrogen-bond donors (Lipinski definition) is 0. The molecule has 80 valence electrons. The zero-order valence-electron chi connectivity index (χ0n) is 8.85. The van der Waals surface area contributed by atoms with Crippen molar-refractivity contribution in [2.24, 2.45) is 0 Å². The molecule has 1 fully saturated rings. The summed E-state index contributed by atoms with van der Waals surface area (Å²) in [4.78, 5) is 13.8. The Morgan fingerprint density at radius 2 is 2.13 bits per heavy atom. The first-order valence-corrected chi connectivity index (χ1v) is 5.20. The van der Waals surface area contributed by atoms with E-state index in [1.165, 1.54) is 0 Å². The minimum absolute atomic E-state index is 0.0581. The third-order valence-electron chi connectivity index (χ3n) is 2.63. The second kappa shape index (κ2) is 4.45. The topological polar surface area (TPSA) is 29.5 Å². The van der Waals surface area contributed by atoms with Crippen molar-refractivity contribution in [2.75, 3.05) is 20.1 Å². The maximum Gasteiger partial charge on any atom is 0.338 e. The van der Waals surface area contributed by atoms with Crippen LogP contribution in [-0.4, -0.2) is 37.1 Å². The van der Waals surface area contributed by atoms with Crippen LogP contribution in [-0.2, 0) is 4.74 Å². The Morgan fingerprint density at radius 3 is 2.73 bits per heavy atom. The average molecular weight is 205 g/mol. The van der Waals surface area contributed by atoms with E-state index in [0.29, 0.717) is 5.56 Å². The lowest BCUT2D eigenvalue weighted by molar-refractivity contribution is 0.0327. The van der Waals surface area contributed by atoms with E-state index in [2.05, 4.69) is 4.90 Å². The van der Waals surface area contributed by atoms with Crippen LogP contribution in [0.4, 0.5) is 0 Å². The van der Waals surface area contributed by atoms with Gasteiger partial charge in [0.05, 0.1) is 5.56 Å². The van der Waals surface area contributed by atoms with Crippen LogP contribution >= 0.6 is 0 Å². The number of ether oxygens (including phenoxy) is 1. The van der Waals surface area contributed by atoms with E-state index in [4.69, 9.17) is 4.74 Å². The molecule has 1 aliphatic heterocycles. The minimum atomic E-state index is -0.212. The Labute approximate surface area is 89.7 Å². The lowest BCUT2D eigenvalue weighted by Crippen LogP contribution is -2.22. The molecule has 1 aliphatic rings. The molecule has 1 atom stereocenters. The van der Waals surface area contributed by atoms with E-state index in [-0.39, 0.29) is 12.1 Å². The summed E-state index contributed by atoms with van der Waals surface area (Å²) in [7, 11) is 2.04. The maximum absolute atomic E-state index is 11.7. The van der Waals surface area contributed by atoms with Crippen molar-refractivity contribution in [3.63, 3.8) is 0 Å². The highest BCUT2D eigenvalue weighted by atomic mass is 16.5. The monoisotopic (exact) mass is 205 g/mol. The summed E-state index contributed by atoms with van der Waals surface area (Å²) in [5.74, 6) is -0.212. The fourth-order valence-electron chi connectivity index (χ4n) is 1.78. The van der Waals surface area contributed by atoms with Crippen LogP contribution in [0.15, 0.2) is 30.3 Å². The highest BCUT2D eigenvalue weighted by Gasteiger charge is 2.23. The second-order valence-electron chi connectivity index (χ2n) is 3.94. The van der Waals surface area contributed by atoms with Crippen molar-refractivity contribution >= 4 is 5.97 Å². The molecule has 2 rings (SSSR count). The van der Waals surface area contributed by atoms with E-state index in [0.717, 1.165) is 19.5 Å². The highest BCUT2D eigenvalue weighted by molar-refractivity contribution is 5.89. The number of carbonyl (C=O) groups excluding carboxylic acids is 1. The van der Waals surface area contributed by atoms with Gasteiger partial charge in [-0.3, -0.25) is 0 Å². The van der Waals surface area contributed by atoms with E-state index in [1.807, 2.05) is 25.2 Å².